The first-order chi connectivity index (χ1) is 9.71. The molecule has 1 saturated heterocycles. The Labute approximate surface area is 121 Å². The minimum atomic E-state index is 0.595. The van der Waals surface area contributed by atoms with Crippen LogP contribution in [0.3, 0.4) is 0 Å². The molecule has 1 fully saturated rings. The second-order valence-electron chi connectivity index (χ2n) is 5.58. The first-order valence-corrected chi connectivity index (χ1v) is 7.82. The van der Waals surface area contributed by atoms with Crippen LogP contribution in [0.15, 0.2) is 0 Å². The van der Waals surface area contributed by atoms with Crippen LogP contribution in [0.5, 0.6) is 0 Å². The quantitative estimate of drug-likeness (QED) is 0.640. The summed E-state index contributed by atoms with van der Waals surface area (Å²) in [7, 11) is 0. The maximum Gasteiger partial charge on any atom is 0.148 e. The number of nitrogen functional groups attached to an aromatic ring is 1. The van der Waals surface area contributed by atoms with E-state index in [1.54, 1.807) is 0 Å². The van der Waals surface area contributed by atoms with Crippen LogP contribution in [0.2, 0.25) is 0 Å². The average Bonchev–Trinajstić information content (AvgIpc) is 2.49. The van der Waals surface area contributed by atoms with Crippen molar-refractivity contribution in [3.8, 4) is 0 Å². The van der Waals surface area contributed by atoms with Crippen LogP contribution >= 0.6 is 0 Å². The van der Waals surface area contributed by atoms with Gasteiger partial charge in [0.25, 0.3) is 0 Å². The molecule has 0 bridgehead atoms. The van der Waals surface area contributed by atoms with Crippen LogP contribution in [0.1, 0.15) is 57.3 Å². The summed E-state index contributed by atoms with van der Waals surface area (Å²) in [4.78, 5) is 11.8. The summed E-state index contributed by atoms with van der Waals surface area (Å²) in [5.41, 5.74) is 3.79. The van der Waals surface area contributed by atoms with Gasteiger partial charge in [-0.3, -0.25) is 0 Å². The first-order valence-electron chi connectivity index (χ1n) is 7.82. The minimum Gasteiger partial charge on any atom is -0.353 e. The lowest BCUT2D eigenvalue weighted by atomic mass is 9.99. The van der Waals surface area contributed by atoms with Crippen LogP contribution in [-0.2, 0) is 6.42 Å². The Hall–Kier alpha value is -1.36. The van der Waals surface area contributed by atoms with Gasteiger partial charge in [0.1, 0.15) is 17.5 Å². The monoisotopic (exact) mass is 277 g/mol. The number of aryl methyl sites for hydroxylation is 1. The van der Waals surface area contributed by atoms with E-state index in [9.17, 15) is 0 Å². The largest absolute Gasteiger partial charge is 0.353 e. The molecule has 0 radical (unpaired) electrons. The standard InChI is InChI=1S/C15H27N5/c1-4-8-13-17-14(19-16)11(3)15(18-13)20-10-7-6-9-12(20)5-2/h12H,4-10,16H2,1-3H3,(H,17,18,19). The van der Waals surface area contributed by atoms with Gasteiger partial charge in [0.05, 0.1) is 0 Å². The van der Waals surface area contributed by atoms with E-state index in [-0.39, 0.29) is 0 Å². The third kappa shape index (κ3) is 3.03. The number of hydrogen-bond donors (Lipinski definition) is 2. The third-order valence-corrected chi connectivity index (χ3v) is 4.15. The molecular weight excluding hydrogens is 250 g/mol. The molecule has 0 amide bonds. The van der Waals surface area contributed by atoms with Gasteiger partial charge >= 0.3 is 0 Å². The van der Waals surface area contributed by atoms with Gasteiger partial charge in [0, 0.05) is 24.6 Å². The summed E-state index contributed by atoms with van der Waals surface area (Å²) < 4.78 is 0. The van der Waals surface area contributed by atoms with Crippen molar-refractivity contribution in [2.75, 3.05) is 16.9 Å². The molecule has 1 aliphatic rings. The number of nitrogens with zero attached hydrogens (tertiary/aromatic N) is 3. The Kier molecular flexibility index (Phi) is 5.17. The fraction of sp³-hybridized carbons (Fsp3) is 0.733. The van der Waals surface area contributed by atoms with E-state index in [2.05, 4.69) is 36.1 Å². The van der Waals surface area contributed by atoms with Gasteiger partial charge in [-0.15, -0.1) is 0 Å². The van der Waals surface area contributed by atoms with Crippen molar-refractivity contribution in [2.45, 2.75) is 65.3 Å². The lowest BCUT2D eigenvalue weighted by Gasteiger charge is -2.37. The molecule has 0 aromatic carbocycles. The molecule has 20 heavy (non-hydrogen) atoms. The van der Waals surface area contributed by atoms with Crippen LogP contribution < -0.4 is 16.2 Å². The number of anilines is 2. The lowest BCUT2D eigenvalue weighted by Crippen LogP contribution is -2.40. The average molecular weight is 277 g/mol. The Bertz CT molecular complexity index is 446. The van der Waals surface area contributed by atoms with E-state index < -0.39 is 0 Å². The molecule has 0 aliphatic carbocycles. The number of piperidine rings is 1. The van der Waals surface area contributed by atoms with Gasteiger partial charge in [0.15, 0.2) is 0 Å². The Balaban J connectivity index is 2.39. The molecule has 0 spiro atoms. The highest BCUT2D eigenvalue weighted by Gasteiger charge is 2.25. The summed E-state index contributed by atoms with van der Waals surface area (Å²) in [6, 6.07) is 0.595. The maximum atomic E-state index is 5.62. The summed E-state index contributed by atoms with van der Waals surface area (Å²) in [5.74, 6) is 8.35. The van der Waals surface area contributed by atoms with Crippen molar-refractivity contribution in [2.24, 2.45) is 5.84 Å². The summed E-state index contributed by atoms with van der Waals surface area (Å²) in [6.07, 6.45) is 6.93. The summed E-state index contributed by atoms with van der Waals surface area (Å²) in [6.45, 7) is 7.55. The molecule has 2 rings (SSSR count). The molecule has 3 N–H and O–H groups in total. The Morgan fingerprint density at radius 1 is 1.30 bits per heavy atom. The predicted octanol–water partition coefficient (Wildman–Crippen LogP) is 2.79. The zero-order chi connectivity index (χ0) is 14.5. The number of nitrogens with two attached hydrogens (primary N) is 1. The molecular formula is C15H27N5. The Morgan fingerprint density at radius 3 is 2.75 bits per heavy atom. The van der Waals surface area contributed by atoms with E-state index in [4.69, 9.17) is 10.8 Å². The van der Waals surface area contributed by atoms with Crippen molar-refractivity contribution >= 4 is 11.6 Å². The van der Waals surface area contributed by atoms with E-state index >= 15 is 0 Å². The van der Waals surface area contributed by atoms with E-state index in [1.165, 1.54) is 19.3 Å². The number of nitrogens with one attached hydrogen (secondary N) is 1. The highest BCUT2D eigenvalue weighted by atomic mass is 15.3. The van der Waals surface area contributed by atoms with Crippen LogP contribution in [0, 0.1) is 6.92 Å². The van der Waals surface area contributed by atoms with Gasteiger partial charge in [0.2, 0.25) is 0 Å². The minimum absolute atomic E-state index is 0.595. The topological polar surface area (TPSA) is 67.1 Å². The molecule has 2 heterocycles. The highest BCUT2D eigenvalue weighted by Crippen LogP contribution is 2.30. The summed E-state index contributed by atoms with van der Waals surface area (Å²) in [5, 5.41) is 0. The summed E-state index contributed by atoms with van der Waals surface area (Å²) >= 11 is 0. The SMILES string of the molecule is CCCc1nc(NN)c(C)c(N2CCCCC2CC)n1. The molecule has 1 unspecified atom stereocenters. The normalized spacial score (nSPS) is 19.2. The van der Waals surface area contributed by atoms with Crippen molar-refractivity contribution < 1.29 is 0 Å². The van der Waals surface area contributed by atoms with Crippen LogP contribution in [0.4, 0.5) is 11.6 Å². The van der Waals surface area contributed by atoms with E-state index in [0.29, 0.717) is 6.04 Å². The molecule has 5 nitrogen and oxygen atoms in total. The van der Waals surface area contributed by atoms with Gasteiger partial charge in [-0.1, -0.05) is 13.8 Å². The van der Waals surface area contributed by atoms with Gasteiger partial charge in [-0.25, -0.2) is 15.8 Å². The molecule has 5 heteroatoms. The fourth-order valence-electron chi connectivity index (χ4n) is 3.01. The molecule has 1 aliphatic heterocycles. The van der Waals surface area contributed by atoms with Gasteiger partial charge in [-0.2, -0.15) is 0 Å². The van der Waals surface area contributed by atoms with Gasteiger partial charge in [-0.05, 0) is 39.0 Å². The number of aromatic nitrogens is 2. The fourth-order valence-corrected chi connectivity index (χ4v) is 3.01. The highest BCUT2D eigenvalue weighted by molar-refractivity contribution is 5.59. The Morgan fingerprint density at radius 2 is 2.10 bits per heavy atom. The van der Waals surface area contributed by atoms with E-state index in [1.807, 2.05) is 0 Å². The van der Waals surface area contributed by atoms with Crippen molar-refractivity contribution in [3.63, 3.8) is 0 Å². The predicted molar refractivity (Wildman–Crippen MR) is 83.9 cm³/mol. The zero-order valence-corrected chi connectivity index (χ0v) is 12.9. The second-order valence-corrected chi connectivity index (χ2v) is 5.58. The van der Waals surface area contributed by atoms with Gasteiger partial charge < -0.3 is 10.3 Å². The van der Waals surface area contributed by atoms with Crippen molar-refractivity contribution in [1.29, 1.82) is 0 Å². The zero-order valence-electron chi connectivity index (χ0n) is 12.9. The molecule has 1 atom stereocenters. The maximum absolute atomic E-state index is 5.62. The van der Waals surface area contributed by atoms with Crippen molar-refractivity contribution in [1.82, 2.24) is 9.97 Å². The molecule has 1 aromatic rings. The number of hydrazine groups is 1. The molecule has 112 valence electrons. The number of rotatable bonds is 5. The first kappa shape index (κ1) is 15.0. The van der Waals surface area contributed by atoms with Crippen LogP contribution in [-0.4, -0.2) is 22.6 Å². The number of hydrogen-bond acceptors (Lipinski definition) is 5. The lowest BCUT2D eigenvalue weighted by molar-refractivity contribution is 0.445. The molecule has 0 saturated carbocycles. The smallest absolute Gasteiger partial charge is 0.148 e. The molecule has 1 aromatic heterocycles. The third-order valence-electron chi connectivity index (χ3n) is 4.15. The second kappa shape index (κ2) is 6.88. The van der Waals surface area contributed by atoms with Crippen LogP contribution in [0.25, 0.3) is 0 Å². The van der Waals surface area contributed by atoms with E-state index in [0.717, 1.165) is 48.8 Å². The van der Waals surface area contributed by atoms with Crippen molar-refractivity contribution in [3.05, 3.63) is 11.4 Å².